The first-order chi connectivity index (χ1) is 13.2. The van der Waals surface area contributed by atoms with Gasteiger partial charge < -0.3 is 16.2 Å². The first-order valence-electron chi connectivity index (χ1n) is 11.1. The molecule has 4 heteroatoms. The number of aromatic hydroxyl groups is 1. The van der Waals surface area contributed by atoms with Crippen LogP contribution in [0, 0.1) is 0 Å². The Labute approximate surface area is 172 Å². The highest BCUT2D eigenvalue weighted by molar-refractivity contribution is 5.76. The van der Waals surface area contributed by atoms with E-state index in [9.17, 15) is 9.90 Å². The molecule has 0 saturated heterocycles. The van der Waals surface area contributed by atoms with Crippen LogP contribution in [0.5, 0.6) is 5.75 Å². The first kappa shape index (κ1) is 24.5. The van der Waals surface area contributed by atoms with Crippen molar-refractivity contribution in [3.8, 4) is 5.75 Å². The maximum Gasteiger partial charge on any atom is 0.221 e. The largest absolute Gasteiger partial charge is 0.507 e. The smallest absolute Gasteiger partial charge is 0.221 e. The van der Waals surface area contributed by atoms with E-state index < -0.39 is 0 Å². The van der Waals surface area contributed by atoms with E-state index in [1.165, 1.54) is 0 Å². The summed E-state index contributed by atoms with van der Waals surface area (Å²) >= 11 is 0. The Balaban J connectivity index is 2.90. The van der Waals surface area contributed by atoms with E-state index in [0.717, 1.165) is 55.2 Å². The average Bonchev–Trinajstić information content (AvgIpc) is 2.66. The number of nitrogens with one attached hydrogen (secondary N) is 1. The minimum Gasteiger partial charge on any atom is -0.507 e. The molecule has 0 heterocycles. The van der Waals surface area contributed by atoms with Crippen molar-refractivity contribution in [1.29, 1.82) is 0 Å². The summed E-state index contributed by atoms with van der Waals surface area (Å²) in [6.07, 6.45) is 6.89. The molecule has 4 nitrogen and oxygen atoms in total. The van der Waals surface area contributed by atoms with Crippen molar-refractivity contribution >= 4 is 5.91 Å². The summed E-state index contributed by atoms with van der Waals surface area (Å²) in [5.74, 6) is 0.706. The van der Waals surface area contributed by atoms with Crippen molar-refractivity contribution in [3.05, 3.63) is 28.8 Å². The summed E-state index contributed by atoms with van der Waals surface area (Å²) in [4.78, 5) is 12.3. The molecule has 2 atom stereocenters. The maximum absolute atomic E-state index is 12.3. The molecule has 0 spiro atoms. The Morgan fingerprint density at radius 1 is 1.21 bits per heavy atom. The number of phenolic OH excluding ortho intramolecular Hbond substituents is 1. The highest BCUT2D eigenvalue weighted by Crippen LogP contribution is 2.40. The number of carbonyl (C=O) groups excluding carboxylic acids is 1. The third kappa shape index (κ3) is 7.12. The lowest BCUT2D eigenvalue weighted by atomic mass is 9.78. The number of amides is 1. The highest BCUT2D eigenvalue weighted by atomic mass is 16.3. The van der Waals surface area contributed by atoms with E-state index in [1.807, 2.05) is 0 Å². The third-order valence-corrected chi connectivity index (χ3v) is 6.06. The third-order valence-electron chi connectivity index (χ3n) is 6.06. The van der Waals surface area contributed by atoms with Gasteiger partial charge in [0.1, 0.15) is 5.75 Å². The summed E-state index contributed by atoms with van der Waals surface area (Å²) in [6.45, 7) is 12.9. The molecule has 28 heavy (non-hydrogen) atoms. The molecule has 0 fully saturated rings. The molecule has 1 amide bonds. The zero-order valence-corrected chi connectivity index (χ0v) is 18.9. The maximum atomic E-state index is 12.3. The SMILES string of the molecule is CCCCCC(N)NC(=O)CCc1cc(C(C)CC)c(O)c(C(C)(C)CC)c1. The van der Waals surface area contributed by atoms with Gasteiger partial charge in [-0.2, -0.15) is 0 Å². The quantitative estimate of drug-likeness (QED) is 0.325. The minimum atomic E-state index is -0.260. The fourth-order valence-electron chi connectivity index (χ4n) is 3.39. The van der Waals surface area contributed by atoms with E-state index >= 15 is 0 Å². The van der Waals surface area contributed by atoms with Gasteiger partial charge >= 0.3 is 0 Å². The van der Waals surface area contributed by atoms with Crippen molar-refractivity contribution < 1.29 is 9.90 Å². The van der Waals surface area contributed by atoms with Crippen molar-refractivity contribution in [2.75, 3.05) is 0 Å². The molecule has 0 aliphatic rings. The standard InChI is InChI=1S/C24H42N2O2/c1-7-10-11-12-21(25)26-22(27)14-13-18-15-19(17(4)8-2)23(28)20(16-18)24(5,6)9-3/h15-17,21,28H,7-14,25H2,1-6H3,(H,26,27). The first-order valence-corrected chi connectivity index (χ1v) is 11.1. The van der Waals surface area contributed by atoms with E-state index in [4.69, 9.17) is 5.73 Å². The fourth-order valence-corrected chi connectivity index (χ4v) is 3.39. The van der Waals surface area contributed by atoms with Crippen molar-refractivity contribution in [1.82, 2.24) is 5.32 Å². The lowest BCUT2D eigenvalue weighted by molar-refractivity contribution is -0.121. The van der Waals surface area contributed by atoms with Gasteiger partial charge in [0.05, 0.1) is 6.17 Å². The topological polar surface area (TPSA) is 75.3 Å². The van der Waals surface area contributed by atoms with Gasteiger partial charge in [-0.3, -0.25) is 4.79 Å². The summed E-state index contributed by atoms with van der Waals surface area (Å²) in [5, 5.41) is 13.8. The zero-order valence-electron chi connectivity index (χ0n) is 18.9. The molecule has 1 aromatic rings. The van der Waals surface area contributed by atoms with Gasteiger partial charge in [0.25, 0.3) is 0 Å². The molecule has 0 aromatic heterocycles. The highest BCUT2D eigenvalue weighted by Gasteiger charge is 2.25. The lowest BCUT2D eigenvalue weighted by Gasteiger charge is -2.27. The molecule has 2 unspecified atom stereocenters. The summed E-state index contributed by atoms with van der Waals surface area (Å²) in [7, 11) is 0. The Morgan fingerprint density at radius 2 is 1.89 bits per heavy atom. The van der Waals surface area contributed by atoms with Gasteiger partial charge in [-0.05, 0) is 48.1 Å². The van der Waals surface area contributed by atoms with Gasteiger partial charge in [0.2, 0.25) is 5.91 Å². The van der Waals surface area contributed by atoms with Crippen molar-refractivity contribution in [2.24, 2.45) is 5.73 Å². The molecular weight excluding hydrogens is 348 g/mol. The van der Waals surface area contributed by atoms with Crippen LogP contribution in [0.3, 0.4) is 0 Å². The number of phenols is 1. The fraction of sp³-hybridized carbons (Fsp3) is 0.708. The van der Waals surface area contributed by atoms with Crippen LogP contribution in [0.25, 0.3) is 0 Å². The van der Waals surface area contributed by atoms with Crippen LogP contribution < -0.4 is 11.1 Å². The molecule has 0 aliphatic carbocycles. The second kappa shape index (κ2) is 11.5. The molecule has 0 radical (unpaired) electrons. The van der Waals surface area contributed by atoms with Gasteiger partial charge in [0.15, 0.2) is 0 Å². The second-order valence-corrected chi connectivity index (χ2v) is 8.80. The Hall–Kier alpha value is -1.55. The Kier molecular flexibility index (Phi) is 10.0. The predicted molar refractivity (Wildman–Crippen MR) is 119 cm³/mol. The molecule has 0 saturated carbocycles. The molecule has 1 aromatic carbocycles. The number of hydrogen-bond acceptors (Lipinski definition) is 3. The number of aryl methyl sites for hydroxylation is 1. The van der Waals surface area contributed by atoms with Crippen molar-refractivity contribution in [2.45, 2.75) is 110 Å². The van der Waals surface area contributed by atoms with E-state index in [1.54, 1.807) is 0 Å². The van der Waals surface area contributed by atoms with E-state index in [-0.39, 0.29) is 23.4 Å². The minimum absolute atomic E-state index is 0.00142. The van der Waals surface area contributed by atoms with Crippen LogP contribution in [-0.4, -0.2) is 17.2 Å². The zero-order chi connectivity index (χ0) is 21.3. The van der Waals surface area contributed by atoms with E-state index in [2.05, 4.69) is 59.0 Å². The van der Waals surface area contributed by atoms with E-state index in [0.29, 0.717) is 18.6 Å². The van der Waals surface area contributed by atoms with Crippen LogP contribution in [0.2, 0.25) is 0 Å². The summed E-state index contributed by atoms with van der Waals surface area (Å²) in [6, 6.07) is 4.16. The summed E-state index contributed by atoms with van der Waals surface area (Å²) < 4.78 is 0. The molecular formula is C24H42N2O2. The number of carbonyl (C=O) groups is 1. The number of nitrogens with two attached hydrogens (primary N) is 1. The number of rotatable bonds is 12. The van der Waals surface area contributed by atoms with Gasteiger partial charge in [-0.15, -0.1) is 0 Å². The average molecular weight is 391 g/mol. The summed E-state index contributed by atoms with van der Waals surface area (Å²) in [5.41, 5.74) is 9.01. The van der Waals surface area contributed by atoms with Gasteiger partial charge in [-0.25, -0.2) is 0 Å². The lowest BCUT2D eigenvalue weighted by Crippen LogP contribution is -2.41. The number of benzene rings is 1. The molecule has 0 aliphatic heterocycles. The Bertz CT molecular complexity index is 625. The molecule has 160 valence electrons. The van der Waals surface area contributed by atoms with Crippen LogP contribution in [-0.2, 0) is 16.6 Å². The van der Waals surface area contributed by atoms with Gasteiger partial charge in [-0.1, -0.05) is 72.9 Å². The second-order valence-electron chi connectivity index (χ2n) is 8.80. The van der Waals surface area contributed by atoms with Crippen LogP contribution >= 0.6 is 0 Å². The number of unbranched alkanes of at least 4 members (excludes halogenated alkanes) is 2. The number of hydrogen-bond donors (Lipinski definition) is 3. The van der Waals surface area contributed by atoms with Crippen molar-refractivity contribution in [3.63, 3.8) is 0 Å². The van der Waals surface area contributed by atoms with Crippen LogP contribution in [0.4, 0.5) is 0 Å². The Morgan fingerprint density at radius 3 is 2.46 bits per heavy atom. The molecule has 4 N–H and O–H groups in total. The van der Waals surface area contributed by atoms with Crippen LogP contribution in [0.15, 0.2) is 12.1 Å². The van der Waals surface area contributed by atoms with Gasteiger partial charge in [0, 0.05) is 12.0 Å². The predicted octanol–water partition coefficient (Wildman–Crippen LogP) is 5.51. The van der Waals surface area contributed by atoms with Crippen LogP contribution in [0.1, 0.15) is 109 Å². The normalized spacial score (nSPS) is 14.0. The molecule has 0 bridgehead atoms. The monoisotopic (exact) mass is 390 g/mol. The molecule has 1 rings (SSSR count).